The van der Waals surface area contributed by atoms with Crippen LogP contribution < -0.4 is 30.5 Å². The second-order valence-electron chi connectivity index (χ2n) is 22.1. The van der Waals surface area contributed by atoms with Crippen LogP contribution in [0.3, 0.4) is 0 Å². The number of aromatic nitrogens is 5. The quantitative estimate of drug-likeness (QED) is 0.0780. The zero-order valence-corrected chi connectivity index (χ0v) is 45.7. The Morgan fingerprint density at radius 3 is 2.37 bits per heavy atom. The number of β-amino-alcohol motifs (C(OH)–C–C–N with tert-alkyl or cyclic N) is 1. The number of nitrogens with one attached hydrogen (secondary N) is 1. The van der Waals surface area contributed by atoms with Gasteiger partial charge in [-0.3, -0.25) is 14.5 Å². The van der Waals surface area contributed by atoms with Crippen LogP contribution in [0.2, 0.25) is 0 Å². The van der Waals surface area contributed by atoms with Crippen LogP contribution >= 0.6 is 11.3 Å². The molecule has 2 amide bonds. The number of nitrogens with two attached hydrogens (primary N) is 1. The van der Waals surface area contributed by atoms with Crippen LogP contribution in [-0.2, 0) is 9.59 Å². The number of nitrogens with zero attached hydrogens (tertiary/aromatic N) is 10. The summed E-state index contributed by atoms with van der Waals surface area (Å²) in [6, 6.07) is 22.7. The maximum Gasteiger partial charge on any atom is 0.243 e. The number of hydrogen-bond acceptors (Lipinski definition) is 17. The number of fused-ring (bicyclic) bond motifs is 2. The number of carbonyl (C=O) groups is 2. The Kier molecular flexibility index (Phi) is 15.5. The van der Waals surface area contributed by atoms with Crippen molar-refractivity contribution in [3.63, 3.8) is 0 Å². The van der Waals surface area contributed by atoms with Gasteiger partial charge in [0.25, 0.3) is 0 Å². The van der Waals surface area contributed by atoms with Gasteiger partial charge in [-0.25, -0.2) is 9.97 Å². The number of anilines is 4. The molecule has 2 bridgehead atoms. The Bertz CT molecular complexity index is 3130. The molecule has 9 heterocycles. The van der Waals surface area contributed by atoms with Gasteiger partial charge in [0.15, 0.2) is 17.4 Å². The monoisotopic (exact) mass is 1070 g/mol. The number of rotatable bonds is 14. The highest BCUT2D eigenvalue weighted by atomic mass is 32.1. The molecule has 18 nitrogen and oxygen atoms in total. The number of thiazole rings is 1. The van der Waals surface area contributed by atoms with Gasteiger partial charge < -0.3 is 50.1 Å². The summed E-state index contributed by atoms with van der Waals surface area (Å²) >= 11 is 1.60. The number of phenolic OH excluding ortho intramolecular Hbond substituents is 1. The van der Waals surface area contributed by atoms with Gasteiger partial charge in [0, 0.05) is 99.8 Å². The molecule has 2 unspecified atom stereocenters. The third-order valence-corrected chi connectivity index (χ3v) is 17.4. The summed E-state index contributed by atoms with van der Waals surface area (Å²) in [7, 11) is 0. The third kappa shape index (κ3) is 11.3. The van der Waals surface area contributed by atoms with Gasteiger partial charge in [0.2, 0.25) is 17.7 Å². The van der Waals surface area contributed by atoms with Crippen LogP contribution in [0.15, 0.2) is 89.0 Å². The highest BCUT2D eigenvalue weighted by Gasteiger charge is 2.44. The average Bonchev–Trinajstić information content (AvgIpc) is 4.32. The van der Waals surface area contributed by atoms with Crippen LogP contribution in [0.5, 0.6) is 11.6 Å². The van der Waals surface area contributed by atoms with E-state index in [-0.39, 0.29) is 54.5 Å². The molecule has 5 aliphatic heterocycles. The molecule has 5 N–H and O–H groups in total. The van der Waals surface area contributed by atoms with Crippen LogP contribution in [-0.4, -0.2) is 140 Å². The minimum Gasteiger partial charge on any atom is -0.507 e. The number of likely N-dealkylation sites (tertiary alicyclic amines) is 2. The van der Waals surface area contributed by atoms with Gasteiger partial charge in [0.1, 0.15) is 23.8 Å². The lowest BCUT2D eigenvalue weighted by atomic mass is 9.91. The minimum absolute atomic E-state index is 0.0741. The van der Waals surface area contributed by atoms with Crippen molar-refractivity contribution in [3.8, 4) is 45.2 Å². The number of ether oxygens (including phenoxy) is 1. The van der Waals surface area contributed by atoms with Gasteiger partial charge in [-0.15, -0.1) is 21.5 Å². The van der Waals surface area contributed by atoms with Gasteiger partial charge in [-0.2, -0.15) is 0 Å². The molecule has 5 aliphatic rings. The maximum atomic E-state index is 14.4. The first-order valence-electron chi connectivity index (χ1n) is 27.6. The Labute approximate surface area is 460 Å². The topological polar surface area (TPSA) is 216 Å². The van der Waals surface area contributed by atoms with E-state index in [9.17, 15) is 19.8 Å². The van der Waals surface area contributed by atoms with E-state index in [1.807, 2.05) is 87.9 Å². The number of aliphatic hydroxyl groups excluding tert-OH is 1. The van der Waals surface area contributed by atoms with E-state index in [2.05, 4.69) is 74.2 Å². The van der Waals surface area contributed by atoms with E-state index in [1.54, 1.807) is 23.5 Å². The summed E-state index contributed by atoms with van der Waals surface area (Å²) in [6.45, 7) is 13.6. The van der Waals surface area contributed by atoms with Crippen molar-refractivity contribution < 1.29 is 29.1 Å². The van der Waals surface area contributed by atoms with Crippen molar-refractivity contribution in [1.29, 1.82) is 0 Å². The molecule has 11 rings (SSSR count). The van der Waals surface area contributed by atoms with E-state index in [4.69, 9.17) is 15.0 Å². The summed E-state index contributed by atoms with van der Waals surface area (Å²) in [5, 5.41) is 37.4. The standard InChI is InChI=1S/C59H70N12O6S/c1-36(2)55(59(75)70-34-45(72)29-50(70)58(74)63-37(3)40-11-13-41(14-12-40)56-38(4)62-35-78-56)52-31-53(66-77-52)68-26-18-39(19-27-68)8-7-23-67-24-20-46(21-25-67)76-54-28-42(17-22-61-54)71-43-15-16-44(71)33-69(32-43)49-30-48(64-65-57(49)60)47-9-5-6-10-51(47)73/h5-6,9-14,17,22,28,30-31,35-37,39,43-46,50,55,72-73H,15-16,18-21,23-27,29,32-34H2,1-4H3,(H2,60,65)(H,63,74)/t37-,43?,44?,45+,50-,55+/m0/s1. The van der Waals surface area contributed by atoms with Crippen LogP contribution in [0.1, 0.15) is 94.7 Å². The molecule has 5 saturated heterocycles. The summed E-state index contributed by atoms with van der Waals surface area (Å²) < 4.78 is 12.5. The lowest BCUT2D eigenvalue weighted by Crippen LogP contribution is -2.54. The summed E-state index contributed by atoms with van der Waals surface area (Å²) in [4.78, 5) is 49.3. The average molecular weight is 1080 g/mol. The predicted octanol–water partition coefficient (Wildman–Crippen LogP) is 7.45. The maximum absolute atomic E-state index is 14.4. The van der Waals surface area contributed by atoms with Crippen molar-refractivity contribution in [2.24, 2.45) is 11.8 Å². The molecular formula is C59H70N12O6S. The van der Waals surface area contributed by atoms with E-state index < -0.39 is 18.1 Å². The van der Waals surface area contributed by atoms with Crippen molar-refractivity contribution in [1.82, 2.24) is 40.4 Å². The molecule has 5 fully saturated rings. The number of piperazine rings is 1. The fourth-order valence-corrected chi connectivity index (χ4v) is 13.0. The molecule has 408 valence electrons. The molecule has 2 aromatic carbocycles. The molecule has 6 atom stereocenters. The third-order valence-electron chi connectivity index (χ3n) is 16.5. The fraction of sp³-hybridized carbons (Fsp3) is 0.475. The van der Waals surface area contributed by atoms with Crippen molar-refractivity contribution in [2.45, 2.75) is 115 Å². The van der Waals surface area contributed by atoms with Gasteiger partial charge in [-0.05, 0) is 93.7 Å². The molecule has 0 saturated carbocycles. The Balaban J connectivity index is 0.626. The number of pyridine rings is 1. The Morgan fingerprint density at radius 2 is 1.65 bits per heavy atom. The number of aryl methyl sites for hydroxylation is 1. The number of para-hydroxylation sites is 1. The lowest BCUT2D eigenvalue weighted by Gasteiger charge is -2.43. The predicted molar refractivity (Wildman–Crippen MR) is 301 cm³/mol. The molecular weight excluding hydrogens is 1000 g/mol. The Morgan fingerprint density at radius 1 is 0.897 bits per heavy atom. The van der Waals surface area contributed by atoms with Gasteiger partial charge >= 0.3 is 0 Å². The first-order chi connectivity index (χ1) is 37.8. The van der Waals surface area contributed by atoms with Crippen molar-refractivity contribution in [2.75, 3.05) is 72.8 Å². The van der Waals surface area contributed by atoms with Crippen molar-refractivity contribution >= 4 is 46.2 Å². The molecule has 6 aromatic rings. The second-order valence-corrected chi connectivity index (χ2v) is 22.9. The highest BCUT2D eigenvalue weighted by molar-refractivity contribution is 7.13. The van der Waals surface area contributed by atoms with E-state index in [0.717, 1.165) is 117 Å². The summed E-state index contributed by atoms with van der Waals surface area (Å²) in [6.07, 6.45) is 7.06. The number of amides is 2. The smallest absolute Gasteiger partial charge is 0.243 e. The number of aromatic hydroxyl groups is 1. The summed E-state index contributed by atoms with van der Waals surface area (Å²) in [5.41, 5.74) is 14.4. The zero-order valence-electron chi connectivity index (χ0n) is 44.9. The highest BCUT2D eigenvalue weighted by Crippen LogP contribution is 2.40. The number of phenols is 1. The van der Waals surface area contributed by atoms with Crippen LogP contribution in [0.4, 0.5) is 23.0 Å². The number of hydrogen-bond donors (Lipinski definition) is 4. The van der Waals surface area contributed by atoms with Crippen molar-refractivity contribution in [3.05, 3.63) is 102 Å². The van der Waals surface area contributed by atoms with Crippen LogP contribution in [0, 0.1) is 30.6 Å². The van der Waals surface area contributed by atoms with E-state index >= 15 is 0 Å². The van der Waals surface area contributed by atoms with E-state index in [1.165, 1.54) is 4.90 Å². The SMILES string of the molecule is Cc1ncsc1-c1ccc([C@H](C)NC(=O)[C@@H]2C[C@@H](O)CN2C(=O)[C@@H](c2cc(N3CCC(C#CCN4CCC(Oc5cc(N6C7CCC6CN(c6cc(-c8ccccc8O)nnc6N)C7)ccn5)CC4)CC3)no2)C(C)C)cc1. The molecule has 78 heavy (non-hydrogen) atoms. The minimum atomic E-state index is -0.811. The van der Waals surface area contributed by atoms with Gasteiger partial charge in [-0.1, -0.05) is 67.2 Å². The number of nitrogen functional groups attached to an aromatic ring is 1. The normalized spacial score (nSPS) is 21.9. The number of aliphatic hydroxyl groups is 1. The number of piperidine rings is 2. The molecule has 4 aromatic heterocycles. The van der Waals surface area contributed by atoms with E-state index in [0.29, 0.717) is 46.6 Å². The largest absolute Gasteiger partial charge is 0.507 e. The first-order valence-corrected chi connectivity index (χ1v) is 28.5. The Hall–Kier alpha value is -7.27. The molecule has 0 radical (unpaired) electrons. The molecule has 19 heteroatoms. The van der Waals surface area contributed by atoms with Gasteiger partial charge in [0.05, 0.1) is 46.2 Å². The molecule has 0 spiro atoms. The number of carbonyl (C=O) groups excluding carboxylic acids is 2. The second kappa shape index (κ2) is 23.0. The zero-order chi connectivity index (χ0) is 54.0. The lowest BCUT2D eigenvalue weighted by molar-refractivity contribution is -0.141. The van der Waals surface area contributed by atoms with Crippen LogP contribution in [0.25, 0.3) is 21.7 Å². The fourth-order valence-electron chi connectivity index (χ4n) is 12.2. The number of benzene rings is 2. The molecule has 0 aliphatic carbocycles. The summed E-state index contributed by atoms with van der Waals surface area (Å²) in [5.74, 6) is 8.34. The first kappa shape index (κ1) is 52.8.